The van der Waals surface area contributed by atoms with E-state index in [1.54, 1.807) is 7.11 Å². The number of ether oxygens (including phenoxy) is 1. The number of fused-ring (bicyclic) bond motifs is 1. The van der Waals surface area contributed by atoms with Gasteiger partial charge in [-0.3, -0.25) is 0 Å². The van der Waals surface area contributed by atoms with E-state index in [4.69, 9.17) is 15.6 Å². The minimum absolute atomic E-state index is 0.00604. The van der Waals surface area contributed by atoms with Gasteiger partial charge in [-0.05, 0) is 43.3 Å². The van der Waals surface area contributed by atoms with Crippen LogP contribution in [0.2, 0.25) is 0 Å². The summed E-state index contributed by atoms with van der Waals surface area (Å²) in [6.07, 6.45) is 0. The van der Waals surface area contributed by atoms with Crippen molar-refractivity contribution in [3.63, 3.8) is 0 Å². The zero-order valence-corrected chi connectivity index (χ0v) is 23.6. The van der Waals surface area contributed by atoms with Crippen LogP contribution < -0.4 is 14.5 Å². The van der Waals surface area contributed by atoms with Crippen molar-refractivity contribution in [2.24, 2.45) is 10.2 Å². The number of methoxy groups -OCH3 is 1. The Morgan fingerprint density at radius 3 is 2.23 bits per heavy atom. The number of hydrogen-bond acceptors (Lipinski definition) is 7. The molecule has 0 amide bonds. The van der Waals surface area contributed by atoms with Crippen molar-refractivity contribution in [2.75, 3.05) is 64.7 Å². The van der Waals surface area contributed by atoms with Crippen LogP contribution in [0.1, 0.15) is 6.92 Å². The number of benzene rings is 2. The summed E-state index contributed by atoms with van der Waals surface area (Å²) >= 11 is 8.53. The van der Waals surface area contributed by atoms with E-state index in [0.717, 1.165) is 47.3 Å². The molecule has 8 nitrogen and oxygen atoms in total. The fourth-order valence-electron chi connectivity index (χ4n) is 3.21. The van der Waals surface area contributed by atoms with Crippen molar-refractivity contribution in [3.8, 4) is 5.75 Å². The Morgan fingerprint density at radius 1 is 1.11 bits per heavy atom. The van der Waals surface area contributed by atoms with Crippen molar-refractivity contribution in [1.82, 2.24) is 0 Å². The third-order valence-electron chi connectivity index (χ3n) is 5.08. The predicted octanol–water partition coefficient (Wildman–Crippen LogP) is 5.24. The number of likely N-dealkylation sites (N-methyl/N-ethyl adjacent to an activating group) is 2. The minimum atomic E-state index is -0.00604. The van der Waals surface area contributed by atoms with Crippen molar-refractivity contribution >= 4 is 63.6 Å². The first-order valence-electron chi connectivity index (χ1n) is 10.8. The van der Waals surface area contributed by atoms with Crippen LogP contribution in [0.5, 0.6) is 5.75 Å². The van der Waals surface area contributed by atoms with Crippen LogP contribution in [-0.2, 0) is 11.8 Å². The maximum atomic E-state index is 7.13. The fraction of sp³-hybridized carbons (Fsp3) is 0.417. The summed E-state index contributed by atoms with van der Waals surface area (Å²) in [7, 11) is 10.4. The maximum absolute atomic E-state index is 7.13. The summed E-state index contributed by atoms with van der Waals surface area (Å²) in [6.45, 7) is 5.33. The number of isothiocyanates is 2. The number of anilines is 2. The van der Waals surface area contributed by atoms with E-state index in [1.165, 1.54) is 26.6 Å². The molecule has 0 bridgehead atoms. The highest BCUT2D eigenvalue weighted by molar-refractivity contribution is 7.80. The normalized spacial score (nSPS) is 14.0. The van der Waals surface area contributed by atoms with Crippen LogP contribution in [0.25, 0.3) is 10.8 Å². The van der Waals surface area contributed by atoms with Crippen LogP contribution in [0.15, 0.2) is 57.6 Å². The van der Waals surface area contributed by atoms with Gasteiger partial charge in [0.05, 0.1) is 64.5 Å². The molecular weight excluding hydrogens is 499 g/mol. The summed E-state index contributed by atoms with van der Waals surface area (Å²) in [6, 6.07) is 14.5. The Balaban J connectivity index is 0.000000926. The monoisotopic (exact) mass is 531 g/mol. The van der Waals surface area contributed by atoms with E-state index in [1.807, 2.05) is 6.07 Å². The van der Waals surface area contributed by atoms with E-state index < -0.39 is 0 Å². The topological polar surface area (TPSA) is 85.0 Å². The second-order valence-electron chi connectivity index (χ2n) is 8.45. The number of hydrogen-bond donors (Lipinski definition) is 0. The minimum Gasteiger partial charge on any atom is -0.753 e. The maximum Gasteiger partial charge on any atom is 0.307 e. The molecule has 188 valence electrons. The quantitative estimate of drug-likeness (QED) is 0.116. The van der Waals surface area contributed by atoms with Gasteiger partial charge in [-0.1, -0.05) is 24.4 Å². The number of thiol groups is 1. The molecule has 1 aliphatic rings. The van der Waals surface area contributed by atoms with Crippen LogP contribution in [0.3, 0.4) is 0 Å². The summed E-state index contributed by atoms with van der Waals surface area (Å²) in [5.74, 6) is 0.878. The molecule has 35 heavy (non-hydrogen) atoms. The first kappa shape index (κ1) is 30.4. The second-order valence-corrected chi connectivity index (χ2v) is 10.0. The standard InChI is InChI=1S/C22H32N5OS.2CNS/c1-7-26(14-15-27(3,4)5)18-10-8-17(9-11-18)23-24-22-25(2)20-13-12-19(28-6)16-21(20)29-22;2*2-1-3/h8-13,16,22H,7,14-15H2,1-6H3;;/q+1;2*-1/p+1. The van der Waals surface area contributed by atoms with E-state index in [2.05, 4.69) is 116 Å². The molecule has 11 heteroatoms. The van der Waals surface area contributed by atoms with Crippen LogP contribution >= 0.6 is 24.4 Å². The van der Waals surface area contributed by atoms with E-state index in [0.29, 0.717) is 0 Å². The molecule has 1 heterocycles. The molecule has 0 fully saturated rings. The van der Waals surface area contributed by atoms with E-state index in [-0.39, 0.29) is 5.50 Å². The van der Waals surface area contributed by atoms with Crippen LogP contribution in [-0.4, -0.2) is 75.2 Å². The molecule has 0 N–H and O–H groups in total. The molecular formula is C24H33N7OS3. The fourth-order valence-corrected chi connectivity index (χ4v) is 4.43. The van der Waals surface area contributed by atoms with Gasteiger partial charge in [-0.25, -0.2) is 0 Å². The van der Waals surface area contributed by atoms with Gasteiger partial charge < -0.3 is 29.8 Å². The molecule has 0 spiro atoms. The summed E-state index contributed by atoms with van der Waals surface area (Å²) < 4.78 is 6.30. The third kappa shape index (κ3) is 10.2. The number of azo groups is 1. The molecule has 1 aliphatic heterocycles. The van der Waals surface area contributed by atoms with Gasteiger partial charge in [-0.2, -0.15) is 10.3 Å². The van der Waals surface area contributed by atoms with E-state index in [9.17, 15) is 0 Å². The third-order valence-corrected chi connectivity index (χ3v) is 6.39. The summed E-state index contributed by atoms with van der Waals surface area (Å²) in [5.41, 5.74) is 3.29. The molecule has 0 aromatic heterocycles. The lowest BCUT2D eigenvalue weighted by Crippen LogP contribution is -2.42. The highest BCUT2D eigenvalue weighted by Crippen LogP contribution is 2.36. The smallest absolute Gasteiger partial charge is 0.307 e. The van der Waals surface area contributed by atoms with Crippen LogP contribution in [0.4, 0.5) is 17.1 Å². The molecule has 1 atom stereocenters. The Kier molecular flexibility index (Phi) is 13.3. The average Bonchev–Trinajstić information content (AvgIpc) is 3.14. The molecule has 2 aromatic rings. The lowest BCUT2D eigenvalue weighted by molar-refractivity contribution is -0.868. The van der Waals surface area contributed by atoms with Crippen molar-refractivity contribution in [2.45, 2.75) is 17.3 Å². The van der Waals surface area contributed by atoms with Gasteiger partial charge in [0.15, 0.2) is 4.90 Å². The Morgan fingerprint density at radius 2 is 1.71 bits per heavy atom. The first-order valence-corrected chi connectivity index (χ1v) is 12.6. The Labute approximate surface area is 223 Å². The lowest BCUT2D eigenvalue weighted by Gasteiger charge is -2.29. The number of quaternary nitrogens is 1. The zero-order valence-electron chi connectivity index (χ0n) is 21.0. The van der Waals surface area contributed by atoms with Gasteiger partial charge >= 0.3 is 5.50 Å². The largest absolute Gasteiger partial charge is 0.753 e. The molecule has 3 rings (SSSR count). The Hall–Kier alpha value is -2.65. The van der Waals surface area contributed by atoms with Gasteiger partial charge in [0, 0.05) is 25.3 Å². The predicted molar refractivity (Wildman–Crippen MR) is 156 cm³/mol. The zero-order chi connectivity index (χ0) is 26.4. The van der Waals surface area contributed by atoms with Crippen LogP contribution in [0, 0.1) is 0 Å². The van der Waals surface area contributed by atoms with Gasteiger partial charge in [0.25, 0.3) is 0 Å². The van der Waals surface area contributed by atoms with Crippen molar-refractivity contribution < 1.29 is 9.22 Å². The average molecular weight is 532 g/mol. The molecule has 0 saturated carbocycles. The number of rotatable bonds is 8. The summed E-state index contributed by atoms with van der Waals surface area (Å²) in [5, 5.41) is 26.0. The SMILES string of the molecule is CCN(CC[N+](C)(C)C)c1ccc(N=NC2[SH+]c3cc(OC)ccc3N2C)cc1.[N-]=C=S.[N-]=C=S. The number of thiocarbonyl (C=S) groups is 2. The molecule has 0 saturated heterocycles. The molecule has 0 aliphatic carbocycles. The lowest BCUT2D eigenvalue weighted by atomic mass is 10.2. The highest BCUT2D eigenvalue weighted by atomic mass is 32.2. The van der Waals surface area contributed by atoms with Gasteiger partial charge in [0.2, 0.25) is 0 Å². The van der Waals surface area contributed by atoms with Crippen molar-refractivity contribution in [3.05, 3.63) is 53.3 Å². The number of nitrogens with zero attached hydrogens (tertiary/aromatic N) is 7. The van der Waals surface area contributed by atoms with Gasteiger partial charge in [0.1, 0.15) is 5.75 Å². The second kappa shape index (κ2) is 15.4. The molecule has 2 aromatic carbocycles. The first-order chi connectivity index (χ1) is 16.6. The molecule has 1 unspecified atom stereocenters. The van der Waals surface area contributed by atoms with Gasteiger partial charge in [-0.15, -0.1) is 10.2 Å². The highest BCUT2D eigenvalue weighted by Gasteiger charge is 2.35. The van der Waals surface area contributed by atoms with Crippen molar-refractivity contribution in [1.29, 1.82) is 0 Å². The summed E-state index contributed by atoms with van der Waals surface area (Å²) in [4.78, 5) is 5.79. The molecule has 0 radical (unpaired) electrons. The van der Waals surface area contributed by atoms with E-state index >= 15 is 0 Å². The Bertz CT molecular complexity index is 1010.